The summed E-state index contributed by atoms with van der Waals surface area (Å²) in [6, 6.07) is 11.5. The summed E-state index contributed by atoms with van der Waals surface area (Å²) in [6.45, 7) is 2.07. The fraction of sp³-hybridized carbons (Fsp3) is 0.0714. The molecule has 1 N–H and O–H groups in total. The first-order valence-electron chi connectivity index (χ1n) is 5.48. The van der Waals surface area contributed by atoms with Crippen LogP contribution >= 0.6 is 0 Å². The van der Waals surface area contributed by atoms with Gasteiger partial charge in [-0.3, -0.25) is 4.40 Å². The van der Waals surface area contributed by atoms with Crippen molar-refractivity contribution in [2.75, 3.05) is 0 Å². The van der Waals surface area contributed by atoms with Gasteiger partial charge in [-0.25, -0.2) is 4.98 Å². The Morgan fingerprint density at radius 2 is 2.00 bits per heavy atom. The number of aromatic nitrogens is 2. The highest BCUT2D eigenvalue weighted by molar-refractivity contribution is 5.66. The third kappa shape index (κ3) is 1.56. The molecule has 2 heterocycles. The molecule has 1 aromatic carbocycles. The van der Waals surface area contributed by atoms with Gasteiger partial charge in [0, 0.05) is 17.8 Å². The van der Waals surface area contributed by atoms with Crippen LogP contribution in [0.1, 0.15) is 5.56 Å². The van der Waals surface area contributed by atoms with Crippen LogP contribution in [-0.4, -0.2) is 14.5 Å². The number of aryl methyl sites for hydroxylation is 1. The van der Waals surface area contributed by atoms with Crippen LogP contribution in [0.2, 0.25) is 0 Å². The maximum Gasteiger partial charge on any atom is 0.144 e. The quantitative estimate of drug-likeness (QED) is 0.690. The molecule has 0 aliphatic carbocycles. The highest BCUT2D eigenvalue weighted by atomic mass is 16.3. The van der Waals surface area contributed by atoms with Crippen LogP contribution < -0.4 is 0 Å². The van der Waals surface area contributed by atoms with E-state index in [0.717, 1.165) is 16.9 Å². The second-order valence-corrected chi connectivity index (χ2v) is 4.08. The third-order valence-electron chi connectivity index (χ3n) is 2.90. The van der Waals surface area contributed by atoms with Gasteiger partial charge >= 0.3 is 0 Å². The Morgan fingerprint density at radius 3 is 2.82 bits per heavy atom. The lowest BCUT2D eigenvalue weighted by Gasteiger charge is -2.04. The number of nitrogens with zero attached hydrogens (tertiary/aromatic N) is 2. The first kappa shape index (κ1) is 9.90. The van der Waals surface area contributed by atoms with Gasteiger partial charge in [0.2, 0.25) is 0 Å². The fourth-order valence-corrected chi connectivity index (χ4v) is 2.01. The zero-order valence-electron chi connectivity index (χ0n) is 9.46. The maximum atomic E-state index is 9.42. The predicted molar refractivity (Wildman–Crippen MR) is 67.0 cm³/mol. The molecule has 0 saturated carbocycles. The van der Waals surface area contributed by atoms with Gasteiger partial charge in [0.1, 0.15) is 11.6 Å². The van der Waals surface area contributed by atoms with Crippen molar-refractivity contribution in [2.45, 2.75) is 6.92 Å². The minimum absolute atomic E-state index is 0.258. The summed E-state index contributed by atoms with van der Waals surface area (Å²) in [5.74, 6) is 1.16. The molecule has 0 unspecified atom stereocenters. The van der Waals surface area contributed by atoms with E-state index in [1.807, 2.05) is 22.7 Å². The van der Waals surface area contributed by atoms with Gasteiger partial charge < -0.3 is 5.11 Å². The van der Waals surface area contributed by atoms with Crippen LogP contribution in [0.4, 0.5) is 0 Å². The van der Waals surface area contributed by atoms with Crippen LogP contribution in [0.15, 0.2) is 48.8 Å². The van der Waals surface area contributed by atoms with Gasteiger partial charge in [0.05, 0.1) is 11.7 Å². The van der Waals surface area contributed by atoms with Crippen molar-refractivity contribution in [3.8, 4) is 17.1 Å². The Labute approximate surface area is 99.0 Å². The van der Waals surface area contributed by atoms with Crippen LogP contribution in [0, 0.1) is 6.92 Å². The Hall–Kier alpha value is -2.29. The predicted octanol–water partition coefficient (Wildman–Crippen LogP) is 3.02. The normalized spacial score (nSPS) is 10.9. The van der Waals surface area contributed by atoms with E-state index in [9.17, 15) is 5.11 Å². The van der Waals surface area contributed by atoms with Gasteiger partial charge in [0.25, 0.3) is 0 Å². The summed E-state index contributed by atoms with van der Waals surface area (Å²) in [5.41, 5.74) is 3.19. The van der Waals surface area contributed by atoms with E-state index >= 15 is 0 Å². The SMILES string of the molecule is Cc1ccccc1-c1ncc2cc(O)ccn12. The summed E-state index contributed by atoms with van der Waals surface area (Å²) in [6.07, 6.45) is 3.60. The summed E-state index contributed by atoms with van der Waals surface area (Å²) >= 11 is 0. The molecule has 0 spiro atoms. The van der Waals surface area contributed by atoms with Gasteiger partial charge in [0.15, 0.2) is 0 Å². The molecule has 2 aromatic heterocycles. The van der Waals surface area contributed by atoms with Crippen molar-refractivity contribution >= 4 is 5.52 Å². The second-order valence-electron chi connectivity index (χ2n) is 4.08. The summed E-state index contributed by atoms with van der Waals surface area (Å²) in [7, 11) is 0. The molecule has 0 saturated heterocycles. The molecule has 0 radical (unpaired) electrons. The first-order chi connectivity index (χ1) is 8.25. The molecule has 3 aromatic rings. The smallest absolute Gasteiger partial charge is 0.144 e. The second kappa shape index (κ2) is 3.63. The van der Waals surface area contributed by atoms with Crippen molar-refractivity contribution in [1.82, 2.24) is 9.38 Å². The first-order valence-corrected chi connectivity index (χ1v) is 5.48. The van der Waals surface area contributed by atoms with Crippen molar-refractivity contribution < 1.29 is 5.11 Å². The number of benzene rings is 1. The number of pyridine rings is 1. The number of hydrogen-bond donors (Lipinski definition) is 1. The number of hydrogen-bond acceptors (Lipinski definition) is 2. The molecule has 0 aliphatic rings. The average molecular weight is 224 g/mol. The Kier molecular flexibility index (Phi) is 2.11. The minimum atomic E-state index is 0.258. The molecule has 84 valence electrons. The van der Waals surface area contributed by atoms with Crippen molar-refractivity contribution in [3.05, 3.63) is 54.4 Å². The van der Waals surface area contributed by atoms with Crippen molar-refractivity contribution in [1.29, 1.82) is 0 Å². The molecule has 3 nitrogen and oxygen atoms in total. The molecular weight excluding hydrogens is 212 g/mol. The largest absolute Gasteiger partial charge is 0.508 e. The molecule has 3 heteroatoms. The number of fused-ring (bicyclic) bond motifs is 1. The fourth-order valence-electron chi connectivity index (χ4n) is 2.01. The van der Waals surface area contributed by atoms with E-state index in [-0.39, 0.29) is 5.75 Å². The minimum Gasteiger partial charge on any atom is -0.508 e. The Bertz CT molecular complexity index is 686. The van der Waals surface area contributed by atoms with Crippen molar-refractivity contribution in [2.24, 2.45) is 0 Å². The molecule has 3 rings (SSSR count). The van der Waals surface area contributed by atoms with E-state index in [4.69, 9.17) is 0 Å². The summed E-state index contributed by atoms with van der Waals surface area (Å²) < 4.78 is 1.97. The molecule has 0 amide bonds. The topological polar surface area (TPSA) is 37.5 Å². The van der Waals surface area contributed by atoms with E-state index in [1.54, 1.807) is 18.3 Å². The lowest BCUT2D eigenvalue weighted by molar-refractivity contribution is 0.475. The standard InChI is InChI=1S/C14H12N2O/c1-10-4-2-3-5-13(10)14-15-9-11-8-12(17)6-7-16(11)14/h2-9,17H,1H3. The van der Waals surface area contributed by atoms with Crippen LogP contribution in [0.3, 0.4) is 0 Å². The highest BCUT2D eigenvalue weighted by Gasteiger charge is 2.08. The van der Waals surface area contributed by atoms with Crippen molar-refractivity contribution in [3.63, 3.8) is 0 Å². The molecule has 17 heavy (non-hydrogen) atoms. The molecular formula is C14H12N2O. The molecule has 0 bridgehead atoms. The number of imidazole rings is 1. The zero-order valence-corrected chi connectivity index (χ0v) is 9.46. The number of rotatable bonds is 1. The van der Waals surface area contributed by atoms with Gasteiger partial charge in [-0.15, -0.1) is 0 Å². The third-order valence-corrected chi connectivity index (χ3v) is 2.90. The Balaban J connectivity index is 2.29. The van der Waals surface area contributed by atoms with Crippen LogP contribution in [0.25, 0.3) is 16.9 Å². The lowest BCUT2D eigenvalue weighted by atomic mass is 10.1. The van der Waals surface area contributed by atoms with E-state index in [2.05, 4.69) is 24.0 Å². The Morgan fingerprint density at radius 1 is 1.18 bits per heavy atom. The van der Waals surface area contributed by atoms with Gasteiger partial charge in [-0.2, -0.15) is 0 Å². The van der Waals surface area contributed by atoms with Crippen LogP contribution in [-0.2, 0) is 0 Å². The summed E-state index contributed by atoms with van der Waals surface area (Å²) in [5, 5.41) is 9.42. The van der Waals surface area contributed by atoms with E-state index in [1.165, 1.54) is 5.56 Å². The lowest BCUT2D eigenvalue weighted by Crippen LogP contribution is -1.90. The number of aromatic hydroxyl groups is 1. The van der Waals surface area contributed by atoms with Gasteiger partial charge in [-0.05, 0) is 18.6 Å². The monoisotopic (exact) mass is 224 g/mol. The van der Waals surface area contributed by atoms with E-state index in [0.29, 0.717) is 0 Å². The maximum absolute atomic E-state index is 9.42. The molecule has 0 fully saturated rings. The van der Waals surface area contributed by atoms with E-state index < -0.39 is 0 Å². The van der Waals surface area contributed by atoms with Crippen LogP contribution in [0.5, 0.6) is 5.75 Å². The zero-order chi connectivity index (χ0) is 11.8. The summed E-state index contributed by atoms with van der Waals surface area (Å²) in [4.78, 5) is 4.42. The molecule has 0 atom stereocenters. The average Bonchev–Trinajstić information content (AvgIpc) is 2.72. The molecule has 0 aliphatic heterocycles. The van der Waals surface area contributed by atoms with Gasteiger partial charge in [-0.1, -0.05) is 24.3 Å². The highest BCUT2D eigenvalue weighted by Crippen LogP contribution is 2.24.